The molecule has 1 unspecified atom stereocenters. The van der Waals surface area contributed by atoms with E-state index in [2.05, 4.69) is 118 Å². The van der Waals surface area contributed by atoms with Crippen molar-refractivity contribution in [3.8, 4) is 0 Å². The summed E-state index contributed by atoms with van der Waals surface area (Å²) in [5, 5.41) is 0. The molecule has 0 spiro atoms. The lowest BCUT2D eigenvalue weighted by Crippen LogP contribution is -2.30. The van der Waals surface area contributed by atoms with Crippen molar-refractivity contribution < 1.29 is 23.8 Å². The summed E-state index contributed by atoms with van der Waals surface area (Å²) in [4.78, 5) is 25.4. The first-order chi connectivity index (χ1) is 31.6. The van der Waals surface area contributed by atoms with Crippen molar-refractivity contribution in [3.05, 3.63) is 97.2 Å². The van der Waals surface area contributed by atoms with E-state index in [1.54, 1.807) is 0 Å². The maximum atomic E-state index is 12.8. The van der Waals surface area contributed by atoms with Crippen LogP contribution in [0.25, 0.3) is 0 Å². The Balaban J connectivity index is 4.35. The number of unbranched alkanes of at least 4 members (excludes halogenated alkanes) is 21. The molecule has 0 aliphatic heterocycles. The van der Waals surface area contributed by atoms with E-state index in [0.29, 0.717) is 19.4 Å². The van der Waals surface area contributed by atoms with Gasteiger partial charge in [-0.05, 0) is 109 Å². The van der Waals surface area contributed by atoms with E-state index in [4.69, 9.17) is 14.2 Å². The van der Waals surface area contributed by atoms with Crippen molar-refractivity contribution in [1.29, 1.82) is 0 Å². The molecule has 0 N–H and O–H groups in total. The second kappa shape index (κ2) is 54.2. The summed E-state index contributed by atoms with van der Waals surface area (Å²) in [6, 6.07) is 0. The second-order valence-corrected chi connectivity index (χ2v) is 17.4. The highest BCUT2D eigenvalue weighted by Gasteiger charge is 2.17. The highest BCUT2D eigenvalue weighted by Crippen LogP contribution is 2.13. The summed E-state index contributed by atoms with van der Waals surface area (Å²) < 4.78 is 17.3. The molecule has 366 valence electrons. The maximum Gasteiger partial charge on any atom is 0.306 e. The highest BCUT2D eigenvalue weighted by molar-refractivity contribution is 5.70. The SMILES string of the molecule is CC/C=C\C/C=C\C/C=C\C/C=C\C/C=C\C/C=C\CCCOCC(COC(=O)CCCCCCCCC/C=C\CCCCCCCC)OC(=O)CCCCCCC/C=C\CCCC. The number of esters is 2. The largest absolute Gasteiger partial charge is 0.462 e. The maximum absolute atomic E-state index is 12.8. The quantitative estimate of drug-likeness (QED) is 0.0346. The normalized spacial score (nSPS) is 13.0. The Morgan fingerprint density at radius 2 is 0.719 bits per heavy atom. The molecule has 0 saturated carbocycles. The Morgan fingerprint density at radius 3 is 1.19 bits per heavy atom. The predicted octanol–water partition coefficient (Wildman–Crippen LogP) is 18.2. The van der Waals surface area contributed by atoms with Gasteiger partial charge in [-0.15, -0.1) is 0 Å². The molecule has 0 aliphatic carbocycles. The van der Waals surface area contributed by atoms with E-state index < -0.39 is 6.10 Å². The fraction of sp³-hybridized carbons (Fsp3) is 0.695. The zero-order valence-corrected chi connectivity index (χ0v) is 42.0. The van der Waals surface area contributed by atoms with E-state index in [-0.39, 0.29) is 25.2 Å². The van der Waals surface area contributed by atoms with Gasteiger partial charge in [0.15, 0.2) is 6.10 Å². The van der Waals surface area contributed by atoms with E-state index >= 15 is 0 Å². The van der Waals surface area contributed by atoms with Crippen LogP contribution in [0, 0.1) is 0 Å². The fourth-order valence-electron chi connectivity index (χ4n) is 7.09. The zero-order chi connectivity index (χ0) is 46.3. The van der Waals surface area contributed by atoms with Gasteiger partial charge in [0.1, 0.15) is 6.61 Å². The Hall–Kier alpha value is -3.18. The Bertz CT molecular complexity index is 1230. The van der Waals surface area contributed by atoms with Crippen molar-refractivity contribution >= 4 is 11.9 Å². The molecule has 0 aromatic rings. The smallest absolute Gasteiger partial charge is 0.306 e. The minimum Gasteiger partial charge on any atom is -0.462 e. The molecular weight excluding hydrogens is 789 g/mol. The molecule has 0 radical (unpaired) electrons. The molecule has 1 atom stereocenters. The van der Waals surface area contributed by atoms with Crippen LogP contribution in [0.3, 0.4) is 0 Å². The van der Waals surface area contributed by atoms with Gasteiger partial charge in [0, 0.05) is 19.4 Å². The van der Waals surface area contributed by atoms with Crippen LogP contribution >= 0.6 is 0 Å². The summed E-state index contributed by atoms with van der Waals surface area (Å²) in [7, 11) is 0. The van der Waals surface area contributed by atoms with Crippen LogP contribution in [0.2, 0.25) is 0 Å². The molecule has 0 aromatic carbocycles. The van der Waals surface area contributed by atoms with Crippen LogP contribution < -0.4 is 0 Å². The molecule has 0 fully saturated rings. The first-order valence-electron chi connectivity index (χ1n) is 26.8. The van der Waals surface area contributed by atoms with Crippen LogP contribution in [0.1, 0.15) is 239 Å². The van der Waals surface area contributed by atoms with Crippen molar-refractivity contribution in [3.63, 3.8) is 0 Å². The molecule has 0 aliphatic rings. The number of allylic oxidation sites excluding steroid dienone is 16. The molecule has 0 rings (SSSR count). The second-order valence-electron chi connectivity index (χ2n) is 17.4. The number of ether oxygens (including phenoxy) is 3. The Labute approximate surface area is 396 Å². The topological polar surface area (TPSA) is 61.8 Å². The summed E-state index contributed by atoms with van der Waals surface area (Å²) in [6.45, 7) is 7.52. The van der Waals surface area contributed by atoms with E-state index in [1.165, 1.54) is 109 Å². The minimum absolute atomic E-state index is 0.0525. The fourth-order valence-corrected chi connectivity index (χ4v) is 7.09. The molecule has 0 bridgehead atoms. The number of hydrogen-bond donors (Lipinski definition) is 0. The summed E-state index contributed by atoms with van der Waals surface area (Å²) in [5.41, 5.74) is 0. The third-order valence-electron chi connectivity index (χ3n) is 11.1. The summed E-state index contributed by atoms with van der Waals surface area (Å²) >= 11 is 0. The van der Waals surface area contributed by atoms with Crippen LogP contribution in [0.15, 0.2) is 97.2 Å². The molecule has 0 amide bonds. The van der Waals surface area contributed by atoms with Gasteiger partial charge in [-0.3, -0.25) is 9.59 Å². The number of rotatable bonds is 48. The molecule has 64 heavy (non-hydrogen) atoms. The Kier molecular flexibility index (Phi) is 51.5. The van der Waals surface area contributed by atoms with Crippen molar-refractivity contribution in [2.75, 3.05) is 19.8 Å². The zero-order valence-electron chi connectivity index (χ0n) is 42.0. The van der Waals surface area contributed by atoms with Gasteiger partial charge in [-0.1, -0.05) is 214 Å². The molecule has 5 heteroatoms. The number of carbonyl (C=O) groups is 2. The standard InChI is InChI=1S/C59H100O5/c1-4-7-10-13-16-19-22-24-26-28-29-30-32-34-36-39-42-45-48-51-54-62-55-57(64-59(61)53-50-47-44-41-37-21-18-15-12-9-6-3)56-63-58(60)52-49-46-43-40-38-35-33-31-27-25-23-20-17-14-11-8-5-2/h7,10,15-16,18-19,24-27,29-30,34,36,42,45,57H,4-6,8-9,11-14,17,20-23,28,31-33,35,37-41,43-44,46-56H2,1-3H3/b10-7-,18-15-,19-16-,26-24-,27-25-,30-29-,36-34-,45-42-. The first-order valence-corrected chi connectivity index (χ1v) is 26.8. The monoisotopic (exact) mass is 889 g/mol. The molecular formula is C59H100O5. The minimum atomic E-state index is -0.577. The van der Waals surface area contributed by atoms with Crippen LogP contribution in [0.4, 0.5) is 0 Å². The van der Waals surface area contributed by atoms with Gasteiger partial charge < -0.3 is 14.2 Å². The van der Waals surface area contributed by atoms with Gasteiger partial charge in [-0.2, -0.15) is 0 Å². The Morgan fingerprint density at radius 1 is 0.359 bits per heavy atom. The van der Waals surface area contributed by atoms with Crippen LogP contribution in [0.5, 0.6) is 0 Å². The van der Waals surface area contributed by atoms with Gasteiger partial charge in [-0.25, -0.2) is 0 Å². The lowest BCUT2D eigenvalue weighted by atomic mass is 10.1. The average Bonchev–Trinajstić information content (AvgIpc) is 3.30. The van der Waals surface area contributed by atoms with E-state index in [9.17, 15) is 9.59 Å². The molecule has 5 nitrogen and oxygen atoms in total. The van der Waals surface area contributed by atoms with Gasteiger partial charge in [0.25, 0.3) is 0 Å². The van der Waals surface area contributed by atoms with Crippen molar-refractivity contribution in [1.82, 2.24) is 0 Å². The van der Waals surface area contributed by atoms with Gasteiger partial charge in [0.2, 0.25) is 0 Å². The lowest BCUT2D eigenvalue weighted by molar-refractivity contribution is -0.163. The van der Waals surface area contributed by atoms with Gasteiger partial charge in [0.05, 0.1) is 6.61 Å². The van der Waals surface area contributed by atoms with E-state index in [0.717, 1.165) is 96.3 Å². The lowest BCUT2D eigenvalue weighted by Gasteiger charge is -2.18. The molecule has 0 heterocycles. The van der Waals surface area contributed by atoms with Gasteiger partial charge >= 0.3 is 11.9 Å². The third kappa shape index (κ3) is 51.5. The van der Waals surface area contributed by atoms with Crippen molar-refractivity contribution in [2.45, 2.75) is 245 Å². The average molecular weight is 889 g/mol. The molecule has 0 aromatic heterocycles. The summed E-state index contributed by atoms with van der Waals surface area (Å²) in [6.07, 6.45) is 72.9. The number of hydrogen-bond acceptors (Lipinski definition) is 5. The van der Waals surface area contributed by atoms with Crippen molar-refractivity contribution in [2.24, 2.45) is 0 Å². The summed E-state index contributed by atoms with van der Waals surface area (Å²) in [5.74, 6) is -0.447. The first kappa shape index (κ1) is 60.8. The van der Waals surface area contributed by atoms with Crippen LogP contribution in [-0.4, -0.2) is 37.9 Å². The number of carbonyl (C=O) groups excluding carboxylic acids is 2. The van der Waals surface area contributed by atoms with E-state index in [1.807, 2.05) is 0 Å². The predicted molar refractivity (Wildman–Crippen MR) is 279 cm³/mol. The van der Waals surface area contributed by atoms with Crippen LogP contribution in [-0.2, 0) is 23.8 Å². The third-order valence-corrected chi connectivity index (χ3v) is 11.1. The highest BCUT2D eigenvalue weighted by atomic mass is 16.6. The molecule has 0 saturated heterocycles.